The van der Waals surface area contributed by atoms with Crippen LogP contribution in [0.25, 0.3) is 34.4 Å². The Morgan fingerprint density at radius 3 is 2.68 bits per heavy atom. The molecule has 1 N–H and O–H groups in total. The van der Waals surface area contributed by atoms with E-state index in [-0.39, 0.29) is 11.6 Å². The number of aromatic nitrogens is 1. The van der Waals surface area contributed by atoms with Crippen molar-refractivity contribution in [3.8, 4) is 17.0 Å². The summed E-state index contributed by atoms with van der Waals surface area (Å²) in [6, 6.07) is 6.45. The number of halogens is 1. The Kier molecular flexibility index (Phi) is 7.18. The predicted octanol–water partition coefficient (Wildman–Crippen LogP) is 3.84. The van der Waals surface area contributed by atoms with Crippen molar-refractivity contribution in [3.05, 3.63) is 52.3 Å². The van der Waals surface area contributed by atoms with E-state index in [2.05, 4.69) is 20.7 Å². The van der Waals surface area contributed by atoms with Crippen molar-refractivity contribution < 1.29 is 14.2 Å². The summed E-state index contributed by atoms with van der Waals surface area (Å²) in [5.41, 5.74) is 1.93. The van der Waals surface area contributed by atoms with Gasteiger partial charge in [0, 0.05) is 42.3 Å². The maximum Gasteiger partial charge on any atom is 0.186 e. The van der Waals surface area contributed by atoms with Gasteiger partial charge in [0.25, 0.3) is 0 Å². The van der Waals surface area contributed by atoms with Gasteiger partial charge in [-0.1, -0.05) is 19.6 Å². The lowest BCUT2D eigenvalue weighted by Gasteiger charge is -2.29. The Hall–Kier alpha value is -2.98. The Labute approximate surface area is 201 Å². The second-order valence-electron chi connectivity index (χ2n) is 8.59. The molecule has 2 heterocycles. The number of benzene rings is 2. The Morgan fingerprint density at radius 1 is 1.26 bits per heavy atom. The number of phenols is 1. The fourth-order valence-electron chi connectivity index (χ4n) is 4.61. The van der Waals surface area contributed by atoms with E-state index in [0.717, 1.165) is 58.3 Å². The zero-order valence-electron chi connectivity index (χ0n) is 20.0. The van der Waals surface area contributed by atoms with Gasteiger partial charge in [0.05, 0.1) is 12.8 Å². The Bertz CT molecular complexity index is 1380. The van der Waals surface area contributed by atoms with Crippen LogP contribution in [0.4, 0.5) is 4.39 Å². The summed E-state index contributed by atoms with van der Waals surface area (Å²) in [6.45, 7) is 9.95. The van der Waals surface area contributed by atoms with Gasteiger partial charge in [0.15, 0.2) is 5.90 Å². The molecule has 4 rings (SSSR count). The van der Waals surface area contributed by atoms with Gasteiger partial charge in [-0.2, -0.15) is 4.99 Å². The number of rotatable bonds is 4. The fraction of sp³-hybridized carbons (Fsp3) is 0.333. The summed E-state index contributed by atoms with van der Waals surface area (Å²) in [5.74, 6) is 1.21. The number of phenolic OH excluding ortho intramolecular Hbond substituents is 1. The fourth-order valence-corrected chi connectivity index (χ4v) is 4.99. The van der Waals surface area contributed by atoms with Crippen LogP contribution < -0.4 is 15.7 Å². The molecule has 0 radical (unpaired) electrons. The molecule has 5 nitrogen and oxygen atoms in total. The number of aromatic hydroxyl groups is 1. The van der Waals surface area contributed by atoms with Crippen LogP contribution in [-0.2, 0) is 11.2 Å². The zero-order valence-corrected chi connectivity index (χ0v) is 21.1. The molecule has 0 bridgehead atoms. The van der Waals surface area contributed by atoms with Gasteiger partial charge in [-0.25, -0.2) is 4.39 Å². The first kappa shape index (κ1) is 24.2. The van der Waals surface area contributed by atoms with Gasteiger partial charge in [0.2, 0.25) is 0 Å². The van der Waals surface area contributed by atoms with Crippen molar-refractivity contribution in [2.45, 2.75) is 39.5 Å². The van der Waals surface area contributed by atoms with E-state index in [1.54, 1.807) is 31.5 Å². The number of methoxy groups -OCH3 is 1. The molecule has 1 aromatic heterocycles. The highest BCUT2D eigenvalue weighted by Gasteiger charge is 2.19. The Morgan fingerprint density at radius 2 is 2.00 bits per heavy atom. The summed E-state index contributed by atoms with van der Waals surface area (Å²) in [6.07, 6.45) is 5.73. The molecule has 0 amide bonds. The van der Waals surface area contributed by atoms with E-state index in [9.17, 15) is 9.50 Å². The van der Waals surface area contributed by atoms with Crippen LogP contribution in [0.3, 0.4) is 0 Å². The molecule has 1 aliphatic heterocycles. The smallest absolute Gasteiger partial charge is 0.186 e. The first-order valence-electron chi connectivity index (χ1n) is 11.6. The molecule has 0 aliphatic carbocycles. The van der Waals surface area contributed by atoms with Crippen LogP contribution in [-0.4, -0.2) is 41.1 Å². The van der Waals surface area contributed by atoms with Crippen LogP contribution in [0, 0.1) is 5.82 Å². The number of aryl methyl sites for hydroxylation is 1. The molecule has 3 aromatic rings. The largest absolute Gasteiger partial charge is 0.508 e. The molecule has 0 spiro atoms. The number of aliphatic imine (C=N–C) groups is 1. The second-order valence-corrected chi connectivity index (χ2v) is 9.17. The molecule has 2 aromatic carbocycles. The van der Waals surface area contributed by atoms with Crippen LogP contribution in [0.15, 0.2) is 35.5 Å². The number of pyridine rings is 1. The van der Waals surface area contributed by atoms with Gasteiger partial charge in [-0.05, 0) is 65.4 Å². The monoisotopic (exact) mass is 479 g/mol. The van der Waals surface area contributed by atoms with Crippen molar-refractivity contribution in [1.82, 2.24) is 9.88 Å². The SMILES string of the molecule is C=c1c(P)c(-c2cc(O)cc3ccc(F)c(CC)c23)nc/c1=C(/N=C(\C)OC)N1CCCCC1. The topological polar surface area (TPSA) is 58.0 Å². The average Bonchev–Trinajstić information content (AvgIpc) is 2.84. The minimum atomic E-state index is -0.260. The van der Waals surface area contributed by atoms with Gasteiger partial charge in [-0.15, -0.1) is 9.24 Å². The molecule has 1 saturated heterocycles. The number of ether oxygens (including phenoxy) is 1. The van der Waals surface area contributed by atoms with Crippen molar-refractivity contribution in [1.29, 1.82) is 0 Å². The highest BCUT2D eigenvalue weighted by Crippen LogP contribution is 2.35. The van der Waals surface area contributed by atoms with E-state index in [0.29, 0.717) is 29.1 Å². The highest BCUT2D eigenvalue weighted by molar-refractivity contribution is 7.27. The second kappa shape index (κ2) is 10.1. The summed E-state index contributed by atoms with van der Waals surface area (Å²) in [5, 5.41) is 14.3. The number of hydrogen-bond donors (Lipinski definition) is 1. The van der Waals surface area contributed by atoms with E-state index in [4.69, 9.17) is 14.7 Å². The zero-order chi connectivity index (χ0) is 24.4. The number of piperidine rings is 1. The van der Waals surface area contributed by atoms with Crippen LogP contribution in [0.5, 0.6) is 5.75 Å². The van der Waals surface area contributed by atoms with E-state index in [1.807, 2.05) is 13.8 Å². The minimum absolute atomic E-state index is 0.109. The van der Waals surface area contributed by atoms with Crippen LogP contribution in [0.1, 0.15) is 38.7 Å². The van der Waals surface area contributed by atoms with Gasteiger partial charge in [-0.3, -0.25) is 4.98 Å². The molecule has 1 unspecified atom stereocenters. The molecule has 178 valence electrons. The van der Waals surface area contributed by atoms with Gasteiger partial charge < -0.3 is 14.7 Å². The van der Waals surface area contributed by atoms with Crippen molar-refractivity contribution >= 4 is 43.6 Å². The summed E-state index contributed by atoms with van der Waals surface area (Å²) >= 11 is 0. The molecule has 34 heavy (non-hydrogen) atoms. The molecule has 7 heteroatoms. The summed E-state index contributed by atoms with van der Waals surface area (Å²) < 4.78 is 20.0. The summed E-state index contributed by atoms with van der Waals surface area (Å²) in [4.78, 5) is 11.8. The van der Waals surface area contributed by atoms with E-state index < -0.39 is 0 Å². The number of nitrogens with zero attached hydrogens (tertiary/aromatic N) is 3. The number of fused-ring (bicyclic) bond motifs is 1. The number of likely N-dealkylation sites (tertiary alicyclic amines) is 1. The standard InChI is InChI=1S/C27H31FN3O2P/c1-5-20-23(28)10-9-18-13-19(32)14-21(24(18)20)25-26(34)16(2)22(15-29-25)27(30-17(3)33-4)31-11-7-6-8-12-31/h9-10,13-15,32H,2,5-8,11-12,34H2,1,3-4H3/b27-22+,30-17+. The van der Waals surface area contributed by atoms with E-state index in [1.165, 1.54) is 12.5 Å². The lowest BCUT2D eigenvalue weighted by Crippen LogP contribution is -2.42. The third-order valence-corrected chi connectivity index (χ3v) is 7.07. The van der Waals surface area contributed by atoms with Crippen LogP contribution in [0.2, 0.25) is 0 Å². The Balaban J connectivity index is 2.01. The lowest BCUT2D eigenvalue weighted by molar-refractivity contribution is 0.317. The van der Waals surface area contributed by atoms with Crippen LogP contribution >= 0.6 is 9.24 Å². The third kappa shape index (κ3) is 4.52. The number of hydrogen-bond acceptors (Lipinski definition) is 5. The average molecular weight is 480 g/mol. The first-order chi connectivity index (χ1) is 16.3. The molecular weight excluding hydrogens is 448 g/mol. The van der Waals surface area contributed by atoms with Crippen molar-refractivity contribution in [2.75, 3.05) is 20.2 Å². The quantitative estimate of drug-likeness (QED) is 0.351. The van der Waals surface area contributed by atoms with Crippen molar-refractivity contribution in [3.63, 3.8) is 0 Å². The van der Waals surface area contributed by atoms with Gasteiger partial charge in [0.1, 0.15) is 17.4 Å². The molecule has 1 aliphatic rings. The third-order valence-electron chi connectivity index (χ3n) is 6.44. The van der Waals surface area contributed by atoms with Gasteiger partial charge >= 0.3 is 0 Å². The molecule has 1 fully saturated rings. The molecular formula is C27H31FN3O2P. The highest BCUT2D eigenvalue weighted by atomic mass is 31.0. The minimum Gasteiger partial charge on any atom is -0.508 e. The first-order valence-corrected chi connectivity index (χ1v) is 12.2. The molecule has 0 saturated carbocycles. The summed E-state index contributed by atoms with van der Waals surface area (Å²) in [7, 11) is 4.35. The lowest BCUT2D eigenvalue weighted by atomic mass is 9.94. The maximum atomic E-state index is 14.7. The molecule has 1 atom stereocenters. The predicted molar refractivity (Wildman–Crippen MR) is 141 cm³/mol. The normalized spacial score (nSPS) is 15.6. The van der Waals surface area contributed by atoms with E-state index >= 15 is 0 Å². The van der Waals surface area contributed by atoms with Crippen molar-refractivity contribution in [2.24, 2.45) is 4.99 Å². The maximum absolute atomic E-state index is 14.7.